The molecule has 1 aliphatic rings. The zero-order valence-corrected chi connectivity index (χ0v) is 34.7. The molecule has 3 unspecified atom stereocenters. The number of aromatic hydroxyl groups is 2. The average Bonchev–Trinajstić information content (AvgIpc) is 3.26. The SMILES string of the molecule is CCC(C)c1cc2c(=O)c3ccc4c(OC)c5c(=O)c6c(OCC(C)=O)ccc(O)c6c(=O)c5c(O)c4c3c(=O)c2c(=O)n1CC(=O)N1CC(C(=O)OCC(=O)OC)NC(=O)C1C. The molecule has 0 bridgehead atoms. The van der Waals surface area contributed by atoms with Crippen LogP contribution in [0.25, 0.3) is 53.9 Å². The molecule has 3 N–H and O–H groups in total. The van der Waals surface area contributed by atoms with E-state index in [0.717, 1.165) is 29.8 Å². The molecule has 1 saturated heterocycles. The second kappa shape index (κ2) is 16.3. The Labute approximate surface area is 353 Å². The minimum Gasteiger partial charge on any atom is -0.507 e. The third-order valence-electron chi connectivity index (χ3n) is 11.5. The van der Waals surface area contributed by atoms with Gasteiger partial charge in [-0.15, -0.1) is 0 Å². The largest absolute Gasteiger partial charge is 0.507 e. The predicted octanol–water partition coefficient (Wildman–Crippen LogP) is 1.26. The number of fused-ring (bicyclic) bond motifs is 6. The predicted molar refractivity (Wildman–Crippen MR) is 227 cm³/mol. The zero-order valence-electron chi connectivity index (χ0n) is 34.7. The number of nitrogens with one attached hydrogen (secondary N) is 1. The molecule has 2 heterocycles. The number of pyridine rings is 1. The molecule has 1 aliphatic heterocycles. The van der Waals surface area contributed by atoms with Crippen molar-refractivity contribution in [2.45, 2.75) is 58.7 Å². The highest BCUT2D eigenvalue weighted by Crippen LogP contribution is 2.44. The van der Waals surface area contributed by atoms with Crippen LogP contribution in [-0.4, -0.2) is 95.3 Å². The van der Waals surface area contributed by atoms with Crippen molar-refractivity contribution in [3.63, 3.8) is 0 Å². The van der Waals surface area contributed by atoms with Crippen LogP contribution in [0, 0.1) is 0 Å². The van der Waals surface area contributed by atoms with Gasteiger partial charge >= 0.3 is 11.9 Å². The second-order valence-corrected chi connectivity index (χ2v) is 15.2. The first kappa shape index (κ1) is 43.4. The van der Waals surface area contributed by atoms with Gasteiger partial charge in [-0.25, -0.2) is 9.59 Å². The number of carbonyl (C=O) groups is 5. The highest BCUT2D eigenvalue weighted by molar-refractivity contribution is 6.23. The van der Waals surface area contributed by atoms with E-state index in [1.165, 1.54) is 38.1 Å². The molecular formula is C44H39N3O16. The van der Waals surface area contributed by atoms with Gasteiger partial charge in [-0.3, -0.25) is 38.4 Å². The summed E-state index contributed by atoms with van der Waals surface area (Å²) in [5, 5.41) is 20.9. The number of hydrogen-bond donors (Lipinski definition) is 3. The number of phenols is 2. The van der Waals surface area contributed by atoms with Crippen molar-refractivity contribution in [3.05, 3.63) is 87.3 Å². The molecule has 3 atom stereocenters. The first-order valence-electron chi connectivity index (χ1n) is 19.6. The van der Waals surface area contributed by atoms with Crippen LogP contribution in [0.3, 0.4) is 0 Å². The van der Waals surface area contributed by atoms with Crippen molar-refractivity contribution in [2.75, 3.05) is 34.0 Å². The van der Waals surface area contributed by atoms with Crippen LogP contribution < -0.4 is 42.1 Å². The van der Waals surface area contributed by atoms with Gasteiger partial charge < -0.3 is 43.9 Å². The lowest BCUT2D eigenvalue weighted by atomic mass is 9.91. The number of ether oxygens (including phenoxy) is 4. The van der Waals surface area contributed by atoms with E-state index in [4.69, 9.17) is 14.2 Å². The molecule has 0 saturated carbocycles. The molecule has 0 spiro atoms. The summed E-state index contributed by atoms with van der Waals surface area (Å²) in [7, 11) is 2.24. The van der Waals surface area contributed by atoms with Gasteiger partial charge in [0.2, 0.25) is 28.1 Å². The van der Waals surface area contributed by atoms with Gasteiger partial charge in [0, 0.05) is 32.6 Å². The lowest BCUT2D eigenvalue weighted by molar-refractivity contribution is -0.161. The average molecular weight is 866 g/mol. The van der Waals surface area contributed by atoms with Gasteiger partial charge in [0.15, 0.2) is 17.8 Å². The molecule has 19 heteroatoms. The number of piperazine rings is 1. The Morgan fingerprint density at radius 3 is 2.13 bits per heavy atom. The Morgan fingerprint density at radius 1 is 0.810 bits per heavy atom. The van der Waals surface area contributed by atoms with Crippen LogP contribution in [0.15, 0.2) is 54.3 Å². The Balaban J connectivity index is 1.48. The van der Waals surface area contributed by atoms with E-state index in [9.17, 15) is 58.2 Å². The van der Waals surface area contributed by atoms with E-state index in [0.29, 0.717) is 6.42 Å². The smallest absolute Gasteiger partial charge is 0.344 e. The quantitative estimate of drug-likeness (QED) is 0.0940. The molecule has 326 valence electrons. The number of ketones is 1. The third-order valence-corrected chi connectivity index (χ3v) is 11.5. The lowest BCUT2D eigenvalue weighted by Crippen LogP contribution is -2.63. The van der Waals surface area contributed by atoms with Gasteiger partial charge in [-0.2, -0.15) is 0 Å². The molecule has 6 aromatic rings. The maximum atomic E-state index is 14.8. The molecule has 0 radical (unpaired) electrons. The monoisotopic (exact) mass is 865 g/mol. The fourth-order valence-electron chi connectivity index (χ4n) is 8.10. The molecular weight excluding hydrogens is 826 g/mol. The Kier molecular flexibility index (Phi) is 11.2. The maximum absolute atomic E-state index is 14.8. The van der Waals surface area contributed by atoms with Crippen molar-refractivity contribution in [1.82, 2.24) is 14.8 Å². The number of aromatic nitrogens is 1. The van der Waals surface area contributed by atoms with Crippen LogP contribution >= 0.6 is 0 Å². The number of hydrogen-bond acceptors (Lipinski definition) is 16. The highest BCUT2D eigenvalue weighted by atomic mass is 16.6. The van der Waals surface area contributed by atoms with Crippen molar-refractivity contribution < 1.29 is 53.1 Å². The number of benzene rings is 5. The number of esters is 2. The van der Waals surface area contributed by atoms with Crippen molar-refractivity contribution >= 4 is 83.4 Å². The lowest BCUT2D eigenvalue weighted by Gasteiger charge is -2.37. The fraction of sp³-hybridized carbons (Fsp3) is 0.318. The number of amides is 2. The van der Waals surface area contributed by atoms with Crippen LogP contribution in [-0.2, 0) is 40.0 Å². The van der Waals surface area contributed by atoms with Crippen molar-refractivity contribution in [1.29, 1.82) is 0 Å². The van der Waals surface area contributed by atoms with Crippen LogP contribution in [0.5, 0.6) is 23.0 Å². The van der Waals surface area contributed by atoms with Gasteiger partial charge in [-0.05, 0) is 56.5 Å². The normalized spacial score (nSPS) is 15.8. The summed E-state index contributed by atoms with van der Waals surface area (Å²) >= 11 is 0. The summed E-state index contributed by atoms with van der Waals surface area (Å²) in [6, 6.07) is 3.60. The molecule has 5 aromatic carbocycles. The van der Waals surface area contributed by atoms with Gasteiger partial charge in [-0.1, -0.05) is 13.8 Å². The molecule has 1 aromatic heterocycles. The summed E-state index contributed by atoms with van der Waals surface area (Å²) in [5.41, 5.74) is -4.81. The van der Waals surface area contributed by atoms with E-state index in [1.54, 1.807) is 13.8 Å². The first-order valence-corrected chi connectivity index (χ1v) is 19.6. The van der Waals surface area contributed by atoms with E-state index in [-0.39, 0.29) is 33.4 Å². The van der Waals surface area contributed by atoms with E-state index < -0.39 is 150 Å². The molecule has 1 fully saturated rings. The van der Waals surface area contributed by atoms with Crippen LogP contribution in [0.2, 0.25) is 0 Å². The first-order chi connectivity index (χ1) is 29.9. The molecule has 0 aliphatic carbocycles. The standard InChI is InChI=1S/C44H39N3O16/c1-7-17(2)24-12-22-31(43(58)47(24)14-27(50)46-13-23(45-42(57)19(46)4)44(59)63-16-28(51)60-5)37(53)29-20(36(22)52)8-9-21-30(29)38(54)34-35(41(21)61-6)40(56)33-26(62-15-18(3)48)11-10-25(49)32(33)39(34)55/h8-12,17,19,23,49,54H,7,13-16H2,1-6H3,(H,45,57). The zero-order chi connectivity index (χ0) is 45.9. The highest BCUT2D eigenvalue weighted by Gasteiger charge is 2.39. The summed E-state index contributed by atoms with van der Waals surface area (Å²) in [4.78, 5) is 137. The van der Waals surface area contributed by atoms with E-state index in [2.05, 4.69) is 10.1 Å². The number of rotatable bonds is 11. The number of methoxy groups -OCH3 is 2. The summed E-state index contributed by atoms with van der Waals surface area (Å²) in [6.45, 7) is 3.73. The molecule has 19 nitrogen and oxygen atoms in total. The summed E-state index contributed by atoms with van der Waals surface area (Å²) in [5.74, 6) is -6.48. The Bertz CT molecular complexity index is 3310. The van der Waals surface area contributed by atoms with Crippen molar-refractivity contribution in [2.24, 2.45) is 0 Å². The number of phenolic OH excluding ortho intramolecular Hbond substituents is 2. The minimum atomic E-state index is -1.39. The van der Waals surface area contributed by atoms with Gasteiger partial charge in [0.25, 0.3) is 5.56 Å². The Morgan fingerprint density at radius 2 is 1.48 bits per heavy atom. The van der Waals surface area contributed by atoms with Crippen LogP contribution in [0.1, 0.15) is 45.7 Å². The number of nitrogens with zero attached hydrogens (tertiary/aromatic N) is 2. The van der Waals surface area contributed by atoms with Crippen molar-refractivity contribution in [3.8, 4) is 23.0 Å². The molecule has 63 heavy (non-hydrogen) atoms. The molecule has 2 amide bonds. The summed E-state index contributed by atoms with van der Waals surface area (Å²) in [6.07, 6.45) is 0.404. The topological polar surface area (TPSA) is 268 Å². The number of Topliss-reactive ketones (excluding diaryl/α,β-unsaturated/α-hetero) is 1. The summed E-state index contributed by atoms with van der Waals surface area (Å²) < 4.78 is 21.5. The maximum Gasteiger partial charge on any atom is 0.344 e. The van der Waals surface area contributed by atoms with Crippen LogP contribution in [0.4, 0.5) is 0 Å². The van der Waals surface area contributed by atoms with E-state index in [1.807, 2.05) is 0 Å². The number of carbonyl (C=O) groups excluding carboxylic acids is 5. The third kappa shape index (κ3) is 6.94. The van der Waals surface area contributed by atoms with E-state index >= 15 is 0 Å². The molecule has 7 rings (SSSR count). The van der Waals surface area contributed by atoms with Gasteiger partial charge in [0.05, 0.1) is 47.7 Å². The second-order valence-electron chi connectivity index (χ2n) is 15.2. The minimum absolute atomic E-state index is 0.114. The van der Waals surface area contributed by atoms with Gasteiger partial charge in [0.1, 0.15) is 48.2 Å². The fourth-order valence-corrected chi connectivity index (χ4v) is 8.10. The Hall–Kier alpha value is -7.70.